The Morgan fingerprint density at radius 2 is 1.67 bits per heavy atom. The molecule has 46 heavy (non-hydrogen) atoms. The summed E-state index contributed by atoms with van der Waals surface area (Å²) in [6.45, 7) is 6.73. The van der Waals surface area contributed by atoms with E-state index in [0.717, 1.165) is 38.2 Å². The van der Waals surface area contributed by atoms with E-state index in [1.807, 2.05) is 74.5 Å². The number of Topliss-reactive ketones (excluding diaryl/α,β-unsaturated/α-hetero) is 2. The van der Waals surface area contributed by atoms with Crippen LogP contribution in [-0.2, 0) is 16.1 Å². The number of hydrogen-bond acceptors (Lipinski definition) is 7. The second kappa shape index (κ2) is 14.7. The van der Waals surface area contributed by atoms with E-state index < -0.39 is 0 Å². The maximum Gasteiger partial charge on any atom is 0.239 e. The molecule has 234 valence electrons. The number of aryl methyl sites for hydroxylation is 1. The Labute approximate surface area is 267 Å². The van der Waals surface area contributed by atoms with Crippen LogP contribution in [0.3, 0.4) is 0 Å². The van der Waals surface area contributed by atoms with E-state index in [0.29, 0.717) is 18.6 Å². The van der Waals surface area contributed by atoms with Crippen LogP contribution in [0.4, 0.5) is 0 Å². The summed E-state index contributed by atoms with van der Waals surface area (Å²) in [7, 11) is 0. The lowest BCUT2D eigenvalue weighted by Gasteiger charge is -2.24. The first-order valence-electron chi connectivity index (χ1n) is 15.4. The van der Waals surface area contributed by atoms with Crippen molar-refractivity contribution in [1.82, 2.24) is 24.8 Å². The quantitative estimate of drug-likeness (QED) is 0.308. The summed E-state index contributed by atoms with van der Waals surface area (Å²) in [6.07, 6.45) is 8.72. The van der Waals surface area contributed by atoms with Crippen LogP contribution in [0.25, 0.3) is 34.4 Å². The number of benzene rings is 3. The Kier molecular flexibility index (Phi) is 10.2. The third-order valence-corrected chi connectivity index (χ3v) is 8.08. The van der Waals surface area contributed by atoms with Gasteiger partial charge in [-0.2, -0.15) is 0 Å². The topological polar surface area (TPSA) is 127 Å². The normalized spacial score (nSPS) is 15.8. The summed E-state index contributed by atoms with van der Waals surface area (Å²) in [5, 5.41) is 13.8. The van der Waals surface area contributed by atoms with Crippen LogP contribution in [0.2, 0.25) is 0 Å². The van der Waals surface area contributed by atoms with Gasteiger partial charge in [0.15, 0.2) is 11.4 Å². The number of carbonyl (C=O) groups excluding carboxylic acids is 3. The minimum atomic E-state index is -0.287. The summed E-state index contributed by atoms with van der Waals surface area (Å²) in [6, 6.07) is 21.9. The van der Waals surface area contributed by atoms with Gasteiger partial charge in [-0.1, -0.05) is 85.3 Å². The van der Waals surface area contributed by atoms with Gasteiger partial charge in [0.2, 0.25) is 5.91 Å². The van der Waals surface area contributed by atoms with Crippen molar-refractivity contribution >= 4 is 40.8 Å². The number of fused-ring (bicyclic) bond motifs is 6. The van der Waals surface area contributed by atoms with Crippen LogP contribution in [0, 0.1) is 12.8 Å². The van der Waals surface area contributed by atoms with Crippen molar-refractivity contribution in [3.05, 3.63) is 113 Å². The van der Waals surface area contributed by atoms with Crippen LogP contribution in [0.15, 0.2) is 85.6 Å². The van der Waals surface area contributed by atoms with E-state index in [-0.39, 0.29) is 42.5 Å². The first-order valence-corrected chi connectivity index (χ1v) is 15.4. The number of amides is 1. The maximum atomic E-state index is 12.5. The first kappa shape index (κ1) is 32.1. The zero-order valence-electron chi connectivity index (χ0n) is 26.2. The van der Waals surface area contributed by atoms with Crippen molar-refractivity contribution in [2.75, 3.05) is 13.2 Å². The van der Waals surface area contributed by atoms with Crippen LogP contribution < -0.4 is 15.8 Å². The fourth-order valence-electron chi connectivity index (χ4n) is 5.74. The summed E-state index contributed by atoms with van der Waals surface area (Å²) >= 11 is 0. The predicted molar refractivity (Wildman–Crippen MR) is 178 cm³/mol. The SMILES string of the molecule is CC1C(=O)C(CCO)C=c2c1ccc1c2=CC(=O)c2ccccc2-1.CCNC(=O)Cn1cnc2ncncc21.Cc1ccccc1. The zero-order chi connectivity index (χ0) is 32.6. The van der Waals surface area contributed by atoms with Gasteiger partial charge in [0, 0.05) is 30.6 Å². The van der Waals surface area contributed by atoms with Crippen molar-refractivity contribution in [3.8, 4) is 11.1 Å². The van der Waals surface area contributed by atoms with Crippen LogP contribution in [0.5, 0.6) is 0 Å². The fourth-order valence-corrected chi connectivity index (χ4v) is 5.74. The van der Waals surface area contributed by atoms with Crippen molar-refractivity contribution in [3.63, 3.8) is 0 Å². The third-order valence-electron chi connectivity index (χ3n) is 8.08. The molecule has 2 aliphatic rings. The standard InChI is InChI=1S/C21H18O3.C9H11N5O.C7H8/c1-12-14-6-7-16-15-4-2-3-5-17(15)20(23)11-19(16)18(14)10-13(8-9-22)21(12)24;1-2-11-8(15)4-14-6-13-9-7(14)3-10-5-12-9;1-7-5-3-2-4-6-7/h2-7,10-13,22H,8-9H2,1H3;3,5-6H,2,4H2,1H3,(H,11,15);2-6H,1H3. The molecule has 2 aliphatic carbocycles. The molecule has 0 radical (unpaired) electrons. The molecule has 1 amide bonds. The molecule has 5 aromatic rings. The number of nitrogens with zero attached hydrogens (tertiary/aromatic N) is 4. The van der Waals surface area contributed by atoms with Gasteiger partial charge in [0.1, 0.15) is 24.2 Å². The van der Waals surface area contributed by atoms with Crippen LogP contribution in [-0.4, -0.2) is 55.3 Å². The lowest BCUT2D eigenvalue weighted by Crippen LogP contribution is -2.41. The number of likely N-dealkylation sites (N-methyl/N-ethyl adjacent to an activating group) is 1. The second-order valence-electron chi connectivity index (χ2n) is 11.2. The molecule has 0 bridgehead atoms. The lowest BCUT2D eigenvalue weighted by atomic mass is 9.78. The predicted octanol–water partition coefficient (Wildman–Crippen LogP) is 3.75. The molecule has 3 aromatic carbocycles. The Hall–Kier alpha value is -5.28. The largest absolute Gasteiger partial charge is 0.396 e. The summed E-state index contributed by atoms with van der Waals surface area (Å²) in [5.41, 5.74) is 6.36. The van der Waals surface area contributed by atoms with E-state index in [2.05, 4.69) is 39.3 Å². The molecule has 0 aliphatic heterocycles. The van der Waals surface area contributed by atoms with E-state index >= 15 is 0 Å². The highest BCUT2D eigenvalue weighted by atomic mass is 16.3. The van der Waals surface area contributed by atoms with Gasteiger partial charge in [-0.15, -0.1) is 0 Å². The van der Waals surface area contributed by atoms with Gasteiger partial charge in [-0.3, -0.25) is 14.4 Å². The number of rotatable bonds is 5. The minimum absolute atomic E-state index is 0.00293. The number of aromatic nitrogens is 4. The molecule has 9 nitrogen and oxygen atoms in total. The van der Waals surface area contributed by atoms with E-state index in [9.17, 15) is 19.5 Å². The molecular formula is C37H37N5O4. The Balaban J connectivity index is 0.000000160. The highest BCUT2D eigenvalue weighted by molar-refractivity contribution is 6.22. The van der Waals surface area contributed by atoms with E-state index in [1.165, 1.54) is 11.9 Å². The minimum Gasteiger partial charge on any atom is -0.396 e. The Morgan fingerprint density at radius 1 is 0.935 bits per heavy atom. The molecule has 0 spiro atoms. The zero-order valence-corrected chi connectivity index (χ0v) is 26.2. The number of aliphatic hydroxyl groups excluding tert-OH is 1. The molecule has 2 N–H and O–H groups in total. The smallest absolute Gasteiger partial charge is 0.239 e. The number of ketones is 2. The highest BCUT2D eigenvalue weighted by Gasteiger charge is 2.29. The molecule has 0 saturated carbocycles. The second-order valence-corrected chi connectivity index (χ2v) is 11.2. The van der Waals surface area contributed by atoms with Crippen molar-refractivity contribution < 1.29 is 19.5 Å². The number of imidazole rings is 1. The van der Waals surface area contributed by atoms with Gasteiger partial charge in [0.25, 0.3) is 0 Å². The maximum absolute atomic E-state index is 12.5. The molecule has 2 unspecified atom stereocenters. The average Bonchev–Trinajstić information content (AvgIpc) is 3.47. The van der Waals surface area contributed by atoms with Gasteiger partial charge < -0.3 is 15.0 Å². The fraction of sp³-hybridized carbons (Fsp3) is 0.243. The molecule has 9 heteroatoms. The Bertz CT molecular complexity index is 2000. The monoisotopic (exact) mass is 615 g/mol. The summed E-state index contributed by atoms with van der Waals surface area (Å²) in [4.78, 5) is 48.3. The van der Waals surface area contributed by atoms with Crippen LogP contribution in [0.1, 0.15) is 47.7 Å². The third kappa shape index (κ3) is 7.00. The van der Waals surface area contributed by atoms with E-state index in [1.54, 1.807) is 23.2 Å². The Morgan fingerprint density at radius 3 is 2.37 bits per heavy atom. The summed E-state index contributed by atoms with van der Waals surface area (Å²) < 4.78 is 1.72. The van der Waals surface area contributed by atoms with Crippen molar-refractivity contribution in [2.45, 2.75) is 39.7 Å². The van der Waals surface area contributed by atoms with Gasteiger partial charge in [-0.25, -0.2) is 15.0 Å². The number of carbonyl (C=O) groups is 3. The van der Waals surface area contributed by atoms with Gasteiger partial charge in [0.05, 0.1) is 12.5 Å². The first-order chi connectivity index (χ1) is 22.3. The molecule has 2 atom stereocenters. The highest BCUT2D eigenvalue weighted by Crippen LogP contribution is 2.28. The molecular weight excluding hydrogens is 578 g/mol. The van der Waals surface area contributed by atoms with E-state index in [4.69, 9.17) is 0 Å². The molecule has 2 aromatic heterocycles. The van der Waals surface area contributed by atoms with Gasteiger partial charge >= 0.3 is 0 Å². The molecule has 0 saturated heterocycles. The lowest BCUT2D eigenvalue weighted by molar-refractivity contribution is -0.123. The number of aliphatic hydroxyl groups is 1. The number of nitrogens with one attached hydrogen (secondary N) is 1. The molecule has 2 heterocycles. The van der Waals surface area contributed by atoms with Crippen molar-refractivity contribution in [1.29, 1.82) is 0 Å². The average molecular weight is 616 g/mol. The molecule has 7 rings (SSSR count). The molecule has 0 fully saturated rings. The van der Waals surface area contributed by atoms with Crippen LogP contribution >= 0.6 is 0 Å². The summed E-state index contributed by atoms with van der Waals surface area (Å²) in [5.74, 6) is -0.403. The van der Waals surface area contributed by atoms with Crippen molar-refractivity contribution in [2.24, 2.45) is 5.92 Å². The number of hydrogen-bond donors (Lipinski definition) is 2. The van der Waals surface area contributed by atoms with Gasteiger partial charge in [-0.05, 0) is 53.5 Å².